The van der Waals surface area contributed by atoms with Gasteiger partial charge in [0.1, 0.15) is 17.4 Å². The Hall–Kier alpha value is -1.90. The van der Waals surface area contributed by atoms with Gasteiger partial charge in [-0.25, -0.2) is 8.78 Å². The van der Waals surface area contributed by atoms with E-state index >= 15 is 0 Å². The molecule has 0 amide bonds. The molecule has 4 unspecified atom stereocenters. The van der Waals surface area contributed by atoms with Crippen LogP contribution < -0.4 is 4.74 Å². The van der Waals surface area contributed by atoms with Crippen LogP contribution in [0.25, 0.3) is 11.1 Å². The first-order chi connectivity index (χ1) is 13.6. The molecular formula is C25H30F2O. The number of hydrogen-bond donors (Lipinski definition) is 0. The third kappa shape index (κ3) is 3.81. The van der Waals surface area contributed by atoms with Crippen molar-refractivity contribution in [3.8, 4) is 16.9 Å². The largest absolute Gasteiger partial charge is 0.497 e. The lowest BCUT2D eigenvalue weighted by Gasteiger charge is -2.42. The van der Waals surface area contributed by atoms with Crippen LogP contribution in [-0.4, -0.2) is 7.11 Å². The summed E-state index contributed by atoms with van der Waals surface area (Å²) in [5.41, 5.74) is 1.44. The molecule has 0 bridgehead atoms. The average Bonchev–Trinajstić information content (AvgIpc) is 2.73. The molecule has 4 rings (SSSR count). The summed E-state index contributed by atoms with van der Waals surface area (Å²) < 4.78 is 34.9. The lowest BCUT2D eigenvalue weighted by atomic mass is 9.63. The van der Waals surface area contributed by atoms with Gasteiger partial charge in [0.05, 0.1) is 12.7 Å². The van der Waals surface area contributed by atoms with Crippen LogP contribution in [0, 0.1) is 29.4 Å². The van der Waals surface area contributed by atoms with Crippen LogP contribution in [0.5, 0.6) is 5.75 Å². The van der Waals surface area contributed by atoms with Gasteiger partial charge in [-0.3, -0.25) is 0 Å². The molecule has 2 saturated carbocycles. The highest BCUT2D eigenvalue weighted by Crippen LogP contribution is 2.48. The molecule has 0 radical (unpaired) electrons. The Kier molecular flexibility index (Phi) is 5.70. The van der Waals surface area contributed by atoms with Crippen molar-refractivity contribution in [3.05, 3.63) is 53.6 Å². The topological polar surface area (TPSA) is 9.23 Å². The summed E-state index contributed by atoms with van der Waals surface area (Å²) in [6, 6.07) is 10.0. The van der Waals surface area contributed by atoms with Gasteiger partial charge < -0.3 is 4.74 Å². The summed E-state index contributed by atoms with van der Waals surface area (Å²) >= 11 is 0. The minimum absolute atomic E-state index is 0.0588. The first-order valence-corrected chi connectivity index (χ1v) is 10.7. The maximum atomic E-state index is 14.9. The quantitative estimate of drug-likeness (QED) is 0.535. The molecule has 2 aromatic carbocycles. The lowest BCUT2D eigenvalue weighted by Crippen LogP contribution is -2.30. The number of methoxy groups -OCH3 is 1. The fourth-order valence-corrected chi connectivity index (χ4v) is 5.52. The zero-order valence-corrected chi connectivity index (χ0v) is 16.9. The van der Waals surface area contributed by atoms with Gasteiger partial charge in [0.15, 0.2) is 0 Å². The SMILES string of the molecule is CCC1CCC2CC(c3cc(F)c(-c4ccc(OC)cc4)c(F)c3)CCC2C1. The molecule has 0 N–H and O–H groups in total. The van der Waals surface area contributed by atoms with Crippen molar-refractivity contribution in [2.75, 3.05) is 7.11 Å². The predicted octanol–water partition coefficient (Wildman–Crippen LogP) is 7.35. The molecule has 4 atom stereocenters. The van der Waals surface area contributed by atoms with E-state index in [0.29, 0.717) is 11.3 Å². The van der Waals surface area contributed by atoms with Crippen LogP contribution in [0.2, 0.25) is 0 Å². The molecule has 28 heavy (non-hydrogen) atoms. The Balaban J connectivity index is 1.53. The van der Waals surface area contributed by atoms with E-state index in [2.05, 4.69) is 6.92 Å². The predicted molar refractivity (Wildman–Crippen MR) is 110 cm³/mol. The van der Waals surface area contributed by atoms with E-state index in [4.69, 9.17) is 4.74 Å². The third-order valence-corrected chi connectivity index (χ3v) is 7.21. The molecule has 2 aliphatic rings. The standard InChI is InChI=1S/C25H30F2O/c1-3-16-4-5-19-13-20(7-6-18(19)12-16)21-14-23(26)25(24(27)15-21)17-8-10-22(28-2)11-9-17/h8-11,14-16,18-20H,3-7,12-13H2,1-2H3. The minimum atomic E-state index is -0.461. The summed E-state index contributed by atoms with van der Waals surface area (Å²) in [5.74, 6) is 2.48. The van der Waals surface area contributed by atoms with Crippen LogP contribution in [0.3, 0.4) is 0 Å². The number of benzene rings is 2. The van der Waals surface area contributed by atoms with E-state index < -0.39 is 11.6 Å². The van der Waals surface area contributed by atoms with Crippen molar-refractivity contribution in [2.45, 2.75) is 57.8 Å². The fraction of sp³-hybridized carbons (Fsp3) is 0.520. The molecule has 3 heteroatoms. The van der Waals surface area contributed by atoms with Crippen molar-refractivity contribution in [1.82, 2.24) is 0 Å². The molecule has 0 heterocycles. The van der Waals surface area contributed by atoms with Gasteiger partial charge in [-0.2, -0.15) is 0 Å². The first kappa shape index (κ1) is 19.4. The molecule has 0 aliphatic heterocycles. The maximum absolute atomic E-state index is 14.9. The van der Waals surface area contributed by atoms with Crippen LogP contribution in [0.1, 0.15) is 63.4 Å². The number of hydrogen-bond acceptors (Lipinski definition) is 1. The second kappa shape index (κ2) is 8.23. The van der Waals surface area contributed by atoms with Crippen LogP contribution >= 0.6 is 0 Å². The molecular weight excluding hydrogens is 354 g/mol. The monoisotopic (exact) mass is 384 g/mol. The molecule has 2 fully saturated rings. The zero-order chi connectivity index (χ0) is 19.7. The molecule has 150 valence electrons. The van der Waals surface area contributed by atoms with Crippen molar-refractivity contribution < 1.29 is 13.5 Å². The van der Waals surface area contributed by atoms with E-state index in [1.807, 2.05) is 0 Å². The van der Waals surface area contributed by atoms with E-state index in [1.165, 1.54) is 32.1 Å². The first-order valence-electron chi connectivity index (χ1n) is 10.7. The Morgan fingerprint density at radius 3 is 2.18 bits per heavy atom. The molecule has 0 saturated heterocycles. The minimum Gasteiger partial charge on any atom is -0.497 e. The Morgan fingerprint density at radius 1 is 0.893 bits per heavy atom. The lowest BCUT2D eigenvalue weighted by molar-refractivity contribution is 0.116. The Labute approximate surface area is 167 Å². The van der Waals surface area contributed by atoms with Crippen molar-refractivity contribution in [1.29, 1.82) is 0 Å². The van der Waals surface area contributed by atoms with Crippen LogP contribution in [-0.2, 0) is 0 Å². The second-order valence-corrected chi connectivity index (χ2v) is 8.71. The Morgan fingerprint density at radius 2 is 1.54 bits per heavy atom. The van der Waals surface area contributed by atoms with E-state index in [0.717, 1.165) is 36.2 Å². The van der Waals surface area contributed by atoms with Crippen LogP contribution in [0.4, 0.5) is 8.78 Å². The van der Waals surface area contributed by atoms with Gasteiger partial charge in [0, 0.05) is 0 Å². The van der Waals surface area contributed by atoms with E-state index in [9.17, 15) is 8.78 Å². The highest BCUT2D eigenvalue weighted by atomic mass is 19.1. The molecule has 1 nitrogen and oxygen atoms in total. The summed E-state index contributed by atoms with van der Waals surface area (Å²) in [7, 11) is 1.58. The summed E-state index contributed by atoms with van der Waals surface area (Å²) in [6.45, 7) is 2.30. The van der Waals surface area contributed by atoms with E-state index in [-0.39, 0.29) is 11.5 Å². The summed E-state index contributed by atoms with van der Waals surface area (Å²) in [6.07, 6.45) is 8.59. The molecule has 2 aromatic rings. The van der Waals surface area contributed by atoms with Crippen molar-refractivity contribution in [3.63, 3.8) is 0 Å². The fourth-order valence-electron chi connectivity index (χ4n) is 5.52. The number of rotatable bonds is 4. The van der Waals surface area contributed by atoms with Gasteiger partial charge in [-0.1, -0.05) is 31.9 Å². The number of ether oxygens (including phenoxy) is 1. The molecule has 2 aliphatic carbocycles. The second-order valence-electron chi connectivity index (χ2n) is 8.71. The van der Waals surface area contributed by atoms with Crippen molar-refractivity contribution >= 4 is 0 Å². The third-order valence-electron chi connectivity index (χ3n) is 7.21. The summed E-state index contributed by atoms with van der Waals surface area (Å²) in [4.78, 5) is 0. The number of halogens is 2. The highest BCUT2D eigenvalue weighted by molar-refractivity contribution is 5.66. The zero-order valence-electron chi connectivity index (χ0n) is 16.9. The van der Waals surface area contributed by atoms with Crippen LogP contribution in [0.15, 0.2) is 36.4 Å². The van der Waals surface area contributed by atoms with Gasteiger partial charge in [-0.05, 0) is 91.2 Å². The normalized spacial score (nSPS) is 27.3. The Bertz CT molecular complexity index is 791. The molecule has 0 aromatic heterocycles. The molecule has 0 spiro atoms. The van der Waals surface area contributed by atoms with Gasteiger partial charge in [0.2, 0.25) is 0 Å². The smallest absolute Gasteiger partial charge is 0.134 e. The highest BCUT2D eigenvalue weighted by Gasteiger charge is 2.35. The van der Waals surface area contributed by atoms with E-state index in [1.54, 1.807) is 43.5 Å². The average molecular weight is 385 g/mol. The van der Waals surface area contributed by atoms with Gasteiger partial charge in [0.25, 0.3) is 0 Å². The number of fused-ring (bicyclic) bond motifs is 1. The maximum Gasteiger partial charge on any atom is 0.134 e. The van der Waals surface area contributed by atoms with Gasteiger partial charge >= 0.3 is 0 Å². The van der Waals surface area contributed by atoms with Gasteiger partial charge in [-0.15, -0.1) is 0 Å². The summed E-state index contributed by atoms with van der Waals surface area (Å²) in [5, 5.41) is 0. The van der Waals surface area contributed by atoms with Crippen molar-refractivity contribution in [2.24, 2.45) is 17.8 Å².